The first kappa shape index (κ1) is 16.2. The second kappa shape index (κ2) is 7.05. The number of benzene rings is 1. The van der Waals surface area contributed by atoms with Gasteiger partial charge in [0.1, 0.15) is 11.6 Å². The third kappa shape index (κ3) is 4.06. The molecule has 5 heteroatoms. The fourth-order valence-electron chi connectivity index (χ4n) is 2.15. The first-order valence-corrected chi connectivity index (χ1v) is 6.69. The van der Waals surface area contributed by atoms with Crippen LogP contribution in [0.25, 0.3) is 0 Å². The van der Waals surface area contributed by atoms with E-state index in [1.807, 2.05) is 30.3 Å². The second-order valence-corrected chi connectivity index (χ2v) is 4.93. The Morgan fingerprint density at radius 1 is 1.25 bits per heavy atom. The van der Waals surface area contributed by atoms with Gasteiger partial charge in [-0.1, -0.05) is 37.3 Å². The highest BCUT2D eigenvalue weighted by molar-refractivity contribution is 5.81. The number of nitrogens with one attached hydrogen (secondary N) is 1. The smallest absolute Gasteiger partial charge is 0.323 e. The number of carboxylic acids is 2. The lowest BCUT2D eigenvalue weighted by molar-refractivity contribution is -0.147. The van der Waals surface area contributed by atoms with Gasteiger partial charge in [-0.3, -0.25) is 14.9 Å². The van der Waals surface area contributed by atoms with Gasteiger partial charge in [-0.05, 0) is 31.7 Å². The maximum atomic E-state index is 11.6. The molecule has 20 heavy (non-hydrogen) atoms. The third-order valence-corrected chi connectivity index (χ3v) is 3.56. The minimum Gasteiger partial charge on any atom is -0.480 e. The molecule has 0 radical (unpaired) electrons. The molecule has 0 aliphatic carbocycles. The SMILES string of the molecule is CC[C@@](CCc1ccccc1)(NC(C)C(=O)O)C(=O)O. The van der Waals surface area contributed by atoms with Crippen LogP contribution in [-0.4, -0.2) is 33.7 Å². The summed E-state index contributed by atoms with van der Waals surface area (Å²) in [6, 6.07) is 8.67. The highest BCUT2D eigenvalue weighted by Gasteiger charge is 2.38. The van der Waals surface area contributed by atoms with Crippen LogP contribution in [0.4, 0.5) is 0 Å². The van der Waals surface area contributed by atoms with Crippen LogP contribution in [0.2, 0.25) is 0 Å². The van der Waals surface area contributed by atoms with Crippen molar-refractivity contribution in [2.45, 2.75) is 44.7 Å². The molecule has 1 aromatic carbocycles. The van der Waals surface area contributed by atoms with E-state index in [-0.39, 0.29) is 0 Å². The van der Waals surface area contributed by atoms with Crippen LogP contribution in [0.3, 0.4) is 0 Å². The fraction of sp³-hybridized carbons (Fsp3) is 0.467. The van der Waals surface area contributed by atoms with Gasteiger partial charge in [0.25, 0.3) is 0 Å². The zero-order valence-corrected chi connectivity index (χ0v) is 11.8. The molecule has 0 bridgehead atoms. The first-order valence-electron chi connectivity index (χ1n) is 6.69. The van der Waals surface area contributed by atoms with Gasteiger partial charge < -0.3 is 10.2 Å². The maximum absolute atomic E-state index is 11.6. The molecule has 0 spiro atoms. The number of rotatable bonds is 8. The Kier molecular flexibility index (Phi) is 5.70. The third-order valence-electron chi connectivity index (χ3n) is 3.56. The zero-order chi connectivity index (χ0) is 15.2. The van der Waals surface area contributed by atoms with E-state index in [0.29, 0.717) is 19.3 Å². The summed E-state index contributed by atoms with van der Waals surface area (Å²) in [6.07, 6.45) is 1.26. The number of hydrogen-bond donors (Lipinski definition) is 3. The Hall–Kier alpha value is -1.88. The van der Waals surface area contributed by atoms with Gasteiger partial charge >= 0.3 is 11.9 Å². The van der Waals surface area contributed by atoms with Gasteiger partial charge in [0.2, 0.25) is 0 Å². The first-order chi connectivity index (χ1) is 9.41. The van der Waals surface area contributed by atoms with Crippen LogP contribution in [0.5, 0.6) is 0 Å². The number of carbonyl (C=O) groups is 2. The van der Waals surface area contributed by atoms with Crippen molar-refractivity contribution in [3.8, 4) is 0 Å². The average Bonchev–Trinajstić information content (AvgIpc) is 2.44. The lowest BCUT2D eigenvalue weighted by atomic mass is 9.87. The van der Waals surface area contributed by atoms with Crippen molar-refractivity contribution in [2.24, 2.45) is 0 Å². The topological polar surface area (TPSA) is 86.6 Å². The van der Waals surface area contributed by atoms with E-state index in [1.54, 1.807) is 6.92 Å². The lowest BCUT2D eigenvalue weighted by Crippen LogP contribution is -2.57. The van der Waals surface area contributed by atoms with Gasteiger partial charge in [-0.2, -0.15) is 0 Å². The van der Waals surface area contributed by atoms with Crippen LogP contribution in [-0.2, 0) is 16.0 Å². The molecule has 2 atom stereocenters. The van der Waals surface area contributed by atoms with Gasteiger partial charge in [-0.25, -0.2) is 0 Å². The van der Waals surface area contributed by atoms with E-state index >= 15 is 0 Å². The molecule has 0 fully saturated rings. The summed E-state index contributed by atoms with van der Waals surface area (Å²) in [7, 11) is 0. The predicted octanol–water partition coefficient (Wildman–Crippen LogP) is 1.92. The summed E-state index contributed by atoms with van der Waals surface area (Å²) in [4.78, 5) is 22.5. The summed E-state index contributed by atoms with van der Waals surface area (Å²) < 4.78 is 0. The van der Waals surface area contributed by atoms with Gasteiger partial charge in [0.05, 0.1) is 0 Å². The number of aryl methyl sites for hydroxylation is 1. The van der Waals surface area contributed by atoms with Gasteiger partial charge in [0, 0.05) is 0 Å². The minimum absolute atomic E-state index is 0.326. The molecule has 3 N–H and O–H groups in total. The maximum Gasteiger partial charge on any atom is 0.323 e. The van der Waals surface area contributed by atoms with Crippen LogP contribution < -0.4 is 5.32 Å². The molecule has 1 aromatic rings. The van der Waals surface area contributed by atoms with Crippen molar-refractivity contribution in [2.75, 3.05) is 0 Å². The van der Waals surface area contributed by atoms with E-state index in [2.05, 4.69) is 5.32 Å². The van der Waals surface area contributed by atoms with Crippen LogP contribution in [0, 0.1) is 0 Å². The van der Waals surface area contributed by atoms with Gasteiger partial charge in [0.15, 0.2) is 0 Å². The average molecular weight is 279 g/mol. The molecule has 0 heterocycles. The van der Waals surface area contributed by atoms with E-state index in [4.69, 9.17) is 5.11 Å². The van der Waals surface area contributed by atoms with Crippen molar-refractivity contribution in [1.29, 1.82) is 0 Å². The molecule has 0 amide bonds. The van der Waals surface area contributed by atoms with E-state index in [9.17, 15) is 14.7 Å². The number of carboxylic acid groups (broad SMARTS) is 2. The molecule has 0 aliphatic heterocycles. The van der Waals surface area contributed by atoms with Gasteiger partial charge in [-0.15, -0.1) is 0 Å². The van der Waals surface area contributed by atoms with Crippen LogP contribution in [0.15, 0.2) is 30.3 Å². The summed E-state index contributed by atoms with van der Waals surface area (Å²) in [6.45, 7) is 3.21. The molecule has 0 saturated heterocycles. The Labute approximate surface area is 118 Å². The van der Waals surface area contributed by atoms with Crippen molar-refractivity contribution >= 4 is 11.9 Å². The molecule has 110 valence electrons. The zero-order valence-electron chi connectivity index (χ0n) is 11.8. The Morgan fingerprint density at radius 2 is 1.85 bits per heavy atom. The molecule has 1 unspecified atom stereocenters. The highest BCUT2D eigenvalue weighted by Crippen LogP contribution is 2.20. The summed E-state index contributed by atoms with van der Waals surface area (Å²) >= 11 is 0. The molecular formula is C15H21NO4. The van der Waals surface area contributed by atoms with E-state index in [1.165, 1.54) is 6.92 Å². The second-order valence-electron chi connectivity index (χ2n) is 4.93. The van der Waals surface area contributed by atoms with Crippen LogP contribution >= 0.6 is 0 Å². The molecule has 5 nitrogen and oxygen atoms in total. The van der Waals surface area contributed by atoms with Crippen molar-refractivity contribution in [3.05, 3.63) is 35.9 Å². The molecule has 0 aliphatic rings. The highest BCUT2D eigenvalue weighted by atomic mass is 16.4. The quantitative estimate of drug-likeness (QED) is 0.676. The molecular weight excluding hydrogens is 258 g/mol. The summed E-state index contributed by atoms with van der Waals surface area (Å²) in [5, 5.41) is 21.2. The fourth-order valence-corrected chi connectivity index (χ4v) is 2.15. The summed E-state index contributed by atoms with van der Waals surface area (Å²) in [5.74, 6) is -2.06. The lowest BCUT2D eigenvalue weighted by Gasteiger charge is -2.31. The minimum atomic E-state index is -1.21. The largest absolute Gasteiger partial charge is 0.480 e. The van der Waals surface area contributed by atoms with Crippen molar-refractivity contribution in [3.63, 3.8) is 0 Å². The summed E-state index contributed by atoms with van der Waals surface area (Å²) in [5.41, 5.74) is -0.176. The normalized spacial score (nSPS) is 15.3. The van der Waals surface area contributed by atoms with E-state index in [0.717, 1.165) is 5.56 Å². The molecule has 0 saturated carbocycles. The predicted molar refractivity (Wildman–Crippen MR) is 75.7 cm³/mol. The Bertz CT molecular complexity index is 460. The van der Waals surface area contributed by atoms with Crippen molar-refractivity contribution in [1.82, 2.24) is 5.32 Å². The number of aliphatic carboxylic acids is 2. The van der Waals surface area contributed by atoms with Crippen molar-refractivity contribution < 1.29 is 19.8 Å². The monoisotopic (exact) mass is 279 g/mol. The molecule has 1 rings (SSSR count). The Balaban J connectivity index is 2.83. The molecule has 0 aromatic heterocycles. The van der Waals surface area contributed by atoms with Crippen LogP contribution in [0.1, 0.15) is 32.3 Å². The Morgan fingerprint density at radius 3 is 2.30 bits per heavy atom. The van der Waals surface area contributed by atoms with E-state index < -0.39 is 23.5 Å². The number of hydrogen-bond acceptors (Lipinski definition) is 3. The standard InChI is InChI=1S/C15H21NO4/c1-3-15(14(19)20,16-11(2)13(17)18)10-9-12-7-5-4-6-8-12/h4-8,11,16H,3,9-10H2,1-2H3,(H,17,18)(H,19,20)/t11?,15-/m0/s1.